The van der Waals surface area contributed by atoms with Crippen LogP contribution in [0, 0.1) is 11.6 Å². The molecule has 0 saturated heterocycles. The molecule has 0 radical (unpaired) electrons. The van der Waals surface area contributed by atoms with Crippen molar-refractivity contribution in [3.63, 3.8) is 0 Å². The Balaban J connectivity index is 2.11. The van der Waals surface area contributed by atoms with Crippen LogP contribution in [0.25, 0.3) is 0 Å². The number of thiophene rings is 1. The number of carboxylic acid groups (broad SMARTS) is 1. The van der Waals surface area contributed by atoms with E-state index in [4.69, 9.17) is 5.11 Å². The lowest BCUT2D eigenvalue weighted by molar-refractivity contribution is -0.115. The smallest absolute Gasteiger partial charge is 0.348 e. The minimum atomic E-state index is -1.16. The molecule has 1 aromatic heterocycles. The summed E-state index contributed by atoms with van der Waals surface area (Å²) >= 11 is 0.963. The first-order valence-corrected chi connectivity index (χ1v) is 6.40. The van der Waals surface area contributed by atoms with Gasteiger partial charge in [0.25, 0.3) is 0 Å². The Morgan fingerprint density at radius 2 is 2.00 bits per heavy atom. The van der Waals surface area contributed by atoms with Crippen LogP contribution in [0.5, 0.6) is 0 Å². The predicted molar refractivity (Wildman–Crippen MR) is 70.0 cm³/mol. The summed E-state index contributed by atoms with van der Waals surface area (Å²) in [6.07, 6.45) is -0.376. The molecule has 2 N–H and O–H groups in total. The maximum Gasteiger partial charge on any atom is 0.348 e. The molecule has 0 atom stereocenters. The Bertz CT molecular complexity index is 669. The number of rotatable bonds is 4. The number of nitrogens with one attached hydrogen (secondary N) is 1. The van der Waals surface area contributed by atoms with Gasteiger partial charge < -0.3 is 10.4 Å². The molecule has 1 heterocycles. The van der Waals surface area contributed by atoms with Gasteiger partial charge >= 0.3 is 5.97 Å². The third kappa shape index (κ3) is 3.00. The van der Waals surface area contributed by atoms with Crippen molar-refractivity contribution >= 4 is 28.9 Å². The second kappa shape index (κ2) is 5.79. The van der Waals surface area contributed by atoms with E-state index >= 15 is 0 Å². The van der Waals surface area contributed by atoms with Crippen molar-refractivity contribution in [1.82, 2.24) is 0 Å². The standard InChI is InChI=1S/C13H9F2NO3S/c14-8-3-1-2-7(11(8)15)6-10(17)16-9-4-5-20-12(9)13(18)19/h1-5H,6H2,(H,16,17)(H,18,19). The van der Waals surface area contributed by atoms with Crippen LogP contribution in [0.2, 0.25) is 0 Å². The van der Waals surface area contributed by atoms with Gasteiger partial charge in [0.05, 0.1) is 12.1 Å². The zero-order chi connectivity index (χ0) is 14.7. The molecule has 4 nitrogen and oxygen atoms in total. The molecule has 2 aromatic rings. The van der Waals surface area contributed by atoms with Gasteiger partial charge in [0, 0.05) is 5.56 Å². The molecular formula is C13H9F2NO3S. The molecular weight excluding hydrogens is 288 g/mol. The molecule has 20 heavy (non-hydrogen) atoms. The van der Waals surface area contributed by atoms with Crippen LogP contribution in [0.4, 0.5) is 14.5 Å². The fourth-order valence-electron chi connectivity index (χ4n) is 1.63. The molecule has 0 aliphatic heterocycles. The van der Waals surface area contributed by atoms with Crippen LogP contribution in [0.15, 0.2) is 29.6 Å². The normalized spacial score (nSPS) is 10.3. The number of carbonyl (C=O) groups excluding carboxylic acids is 1. The number of hydrogen-bond donors (Lipinski definition) is 2. The second-order valence-electron chi connectivity index (χ2n) is 3.91. The predicted octanol–water partition coefficient (Wildman–Crippen LogP) is 2.91. The number of amides is 1. The summed E-state index contributed by atoms with van der Waals surface area (Å²) in [5, 5.41) is 12.8. The van der Waals surface area contributed by atoms with Crippen molar-refractivity contribution in [2.45, 2.75) is 6.42 Å². The Kier molecular flexibility index (Phi) is 4.09. The summed E-state index contributed by atoms with van der Waals surface area (Å²) in [6.45, 7) is 0. The molecule has 2 rings (SSSR count). The quantitative estimate of drug-likeness (QED) is 0.912. The van der Waals surface area contributed by atoms with Gasteiger partial charge in [-0.05, 0) is 17.5 Å². The Hall–Kier alpha value is -2.28. The fraction of sp³-hybridized carbons (Fsp3) is 0.0769. The van der Waals surface area contributed by atoms with Crippen LogP contribution in [-0.4, -0.2) is 17.0 Å². The number of hydrogen-bond acceptors (Lipinski definition) is 3. The van der Waals surface area contributed by atoms with Gasteiger partial charge in [0.2, 0.25) is 5.91 Å². The van der Waals surface area contributed by atoms with E-state index in [0.29, 0.717) is 0 Å². The molecule has 0 unspecified atom stereocenters. The molecule has 0 aliphatic rings. The van der Waals surface area contributed by atoms with E-state index in [2.05, 4.69) is 5.32 Å². The highest BCUT2D eigenvalue weighted by Gasteiger charge is 2.16. The SMILES string of the molecule is O=C(Cc1cccc(F)c1F)Nc1ccsc1C(=O)O. The van der Waals surface area contributed by atoms with Gasteiger partial charge in [-0.15, -0.1) is 11.3 Å². The highest BCUT2D eigenvalue weighted by Crippen LogP contribution is 2.22. The summed E-state index contributed by atoms with van der Waals surface area (Å²) in [4.78, 5) is 22.6. The number of halogens is 2. The molecule has 0 fully saturated rings. The van der Waals surface area contributed by atoms with Crippen molar-refractivity contribution in [3.05, 3.63) is 51.7 Å². The van der Waals surface area contributed by atoms with Gasteiger partial charge in [0.15, 0.2) is 11.6 Å². The molecule has 0 saturated carbocycles. The summed E-state index contributed by atoms with van der Waals surface area (Å²) < 4.78 is 26.4. The average Bonchev–Trinajstić information content (AvgIpc) is 2.83. The average molecular weight is 297 g/mol. The minimum absolute atomic E-state index is 0.0157. The highest BCUT2D eigenvalue weighted by atomic mass is 32.1. The molecule has 0 aliphatic carbocycles. The van der Waals surface area contributed by atoms with Crippen molar-refractivity contribution in [1.29, 1.82) is 0 Å². The lowest BCUT2D eigenvalue weighted by Crippen LogP contribution is -2.16. The van der Waals surface area contributed by atoms with Crippen molar-refractivity contribution in [3.8, 4) is 0 Å². The van der Waals surface area contributed by atoms with E-state index in [1.54, 1.807) is 0 Å². The third-order valence-electron chi connectivity index (χ3n) is 2.52. The van der Waals surface area contributed by atoms with Crippen molar-refractivity contribution in [2.75, 3.05) is 5.32 Å². The van der Waals surface area contributed by atoms with E-state index in [-0.39, 0.29) is 22.5 Å². The molecule has 104 valence electrons. The van der Waals surface area contributed by atoms with Gasteiger partial charge in [-0.25, -0.2) is 13.6 Å². The summed E-state index contributed by atoms with van der Waals surface area (Å²) in [5.41, 5.74) is 0.0546. The first-order valence-electron chi connectivity index (χ1n) is 5.52. The zero-order valence-corrected chi connectivity index (χ0v) is 10.8. The summed E-state index contributed by atoms with van der Waals surface area (Å²) in [6, 6.07) is 4.99. The number of aromatic carboxylic acids is 1. The van der Waals surface area contributed by atoms with Crippen LogP contribution < -0.4 is 5.32 Å². The van der Waals surface area contributed by atoms with Gasteiger partial charge in [-0.1, -0.05) is 12.1 Å². The van der Waals surface area contributed by atoms with E-state index in [0.717, 1.165) is 17.4 Å². The molecule has 0 spiro atoms. The Morgan fingerprint density at radius 1 is 1.25 bits per heavy atom. The monoisotopic (exact) mass is 297 g/mol. The lowest BCUT2D eigenvalue weighted by atomic mass is 10.1. The number of carboxylic acids is 1. The van der Waals surface area contributed by atoms with Crippen LogP contribution >= 0.6 is 11.3 Å². The van der Waals surface area contributed by atoms with E-state index < -0.39 is 23.5 Å². The fourth-order valence-corrected chi connectivity index (χ4v) is 2.31. The topological polar surface area (TPSA) is 66.4 Å². The van der Waals surface area contributed by atoms with Gasteiger partial charge in [0.1, 0.15) is 4.88 Å². The van der Waals surface area contributed by atoms with Crippen molar-refractivity contribution < 1.29 is 23.5 Å². The number of carbonyl (C=O) groups is 2. The highest BCUT2D eigenvalue weighted by molar-refractivity contribution is 7.12. The maximum atomic E-state index is 13.4. The van der Waals surface area contributed by atoms with Gasteiger partial charge in [-0.2, -0.15) is 0 Å². The zero-order valence-electron chi connectivity index (χ0n) is 10.0. The lowest BCUT2D eigenvalue weighted by Gasteiger charge is -2.06. The maximum absolute atomic E-state index is 13.4. The largest absolute Gasteiger partial charge is 0.477 e. The molecule has 1 amide bonds. The van der Waals surface area contributed by atoms with E-state index in [1.165, 1.54) is 23.6 Å². The Morgan fingerprint density at radius 3 is 2.70 bits per heavy atom. The van der Waals surface area contributed by atoms with Crippen molar-refractivity contribution in [2.24, 2.45) is 0 Å². The van der Waals surface area contributed by atoms with Gasteiger partial charge in [-0.3, -0.25) is 4.79 Å². The summed E-state index contributed by atoms with van der Waals surface area (Å²) in [7, 11) is 0. The number of benzene rings is 1. The van der Waals surface area contributed by atoms with Crippen LogP contribution in [0.1, 0.15) is 15.2 Å². The molecule has 1 aromatic carbocycles. The summed E-state index contributed by atoms with van der Waals surface area (Å²) in [5.74, 6) is -3.88. The third-order valence-corrected chi connectivity index (χ3v) is 3.42. The molecule has 0 bridgehead atoms. The van der Waals surface area contributed by atoms with E-state index in [1.807, 2.05) is 0 Å². The minimum Gasteiger partial charge on any atom is -0.477 e. The van der Waals surface area contributed by atoms with E-state index in [9.17, 15) is 18.4 Å². The second-order valence-corrected chi connectivity index (χ2v) is 4.82. The van der Waals surface area contributed by atoms with Crippen LogP contribution in [-0.2, 0) is 11.2 Å². The Labute approximate surface area is 116 Å². The van der Waals surface area contributed by atoms with Crippen LogP contribution in [0.3, 0.4) is 0 Å². The first-order chi connectivity index (χ1) is 9.49. The first kappa shape index (κ1) is 14.1. The molecule has 7 heteroatoms. The number of anilines is 1.